The van der Waals surface area contributed by atoms with Crippen molar-refractivity contribution in [3.63, 3.8) is 0 Å². The zero-order valence-electron chi connectivity index (χ0n) is 9.85. The van der Waals surface area contributed by atoms with Crippen molar-refractivity contribution in [1.82, 2.24) is 15.5 Å². The molecule has 3 rings (SSSR count). The van der Waals surface area contributed by atoms with Crippen molar-refractivity contribution in [2.75, 3.05) is 13.1 Å². The largest absolute Gasteiger partial charge is 0.317 e. The predicted octanol–water partition coefficient (Wildman–Crippen LogP) is 1.94. The Hall–Kier alpha value is -1.95. The van der Waals surface area contributed by atoms with E-state index in [0.717, 1.165) is 42.5 Å². The minimum atomic E-state index is -0.384. The average Bonchev–Trinajstić information content (AvgIpc) is 2.82. The summed E-state index contributed by atoms with van der Waals surface area (Å²) in [7, 11) is 0. The predicted molar refractivity (Wildman–Crippen MR) is 67.6 cm³/mol. The van der Waals surface area contributed by atoms with Crippen molar-refractivity contribution >= 4 is 16.6 Å². The Morgan fingerprint density at radius 3 is 2.83 bits per heavy atom. The second-order valence-electron chi connectivity index (χ2n) is 4.62. The van der Waals surface area contributed by atoms with Crippen LogP contribution >= 0.6 is 0 Å². The Labute approximate surface area is 104 Å². The van der Waals surface area contributed by atoms with Crippen molar-refractivity contribution in [3.8, 4) is 0 Å². The van der Waals surface area contributed by atoms with E-state index in [-0.39, 0.29) is 10.6 Å². The van der Waals surface area contributed by atoms with E-state index in [4.69, 9.17) is 0 Å². The van der Waals surface area contributed by atoms with Crippen LogP contribution in [-0.4, -0.2) is 28.2 Å². The smallest absolute Gasteiger partial charge is 0.271 e. The van der Waals surface area contributed by atoms with Crippen LogP contribution in [0, 0.1) is 10.1 Å². The molecule has 1 fully saturated rings. The molecule has 0 radical (unpaired) electrons. The number of nitro benzene ring substituents is 1. The third-order valence-corrected chi connectivity index (χ3v) is 3.51. The van der Waals surface area contributed by atoms with Crippen LogP contribution < -0.4 is 5.32 Å². The summed E-state index contributed by atoms with van der Waals surface area (Å²) in [5.41, 5.74) is 1.89. The lowest BCUT2D eigenvalue weighted by atomic mass is 9.92. The summed E-state index contributed by atoms with van der Waals surface area (Å²) in [5, 5.41) is 22.3. The van der Waals surface area contributed by atoms with Crippen molar-refractivity contribution in [3.05, 3.63) is 34.0 Å². The lowest BCUT2D eigenvalue weighted by Gasteiger charge is -2.20. The molecule has 94 valence electrons. The van der Waals surface area contributed by atoms with Crippen LogP contribution in [0.5, 0.6) is 0 Å². The van der Waals surface area contributed by atoms with Crippen LogP contribution in [0.3, 0.4) is 0 Å². The summed E-state index contributed by atoms with van der Waals surface area (Å²) in [5.74, 6) is 0.446. The first-order chi connectivity index (χ1) is 8.75. The summed E-state index contributed by atoms with van der Waals surface area (Å²) in [6, 6.07) is 4.89. The molecule has 1 aromatic carbocycles. The third kappa shape index (κ3) is 1.84. The maximum atomic E-state index is 10.7. The van der Waals surface area contributed by atoms with E-state index in [2.05, 4.69) is 15.5 Å². The number of nitro groups is 1. The van der Waals surface area contributed by atoms with E-state index in [1.165, 1.54) is 0 Å². The molecule has 0 aliphatic carbocycles. The fraction of sp³-hybridized carbons (Fsp3) is 0.417. The van der Waals surface area contributed by atoms with Crippen LogP contribution in [0.2, 0.25) is 0 Å². The lowest BCUT2D eigenvalue weighted by molar-refractivity contribution is -0.384. The number of hydrogen-bond donors (Lipinski definition) is 2. The summed E-state index contributed by atoms with van der Waals surface area (Å²) in [4.78, 5) is 10.3. The number of benzene rings is 1. The third-order valence-electron chi connectivity index (χ3n) is 3.51. The van der Waals surface area contributed by atoms with Gasteiger partial charge in [-0.2, -0.15) is 5.10 Å². The van der Waals surface area contributed by atoms with Gasteiger partial charge in [-0.1, -0.05) is 0 Å². The molecule has 2 aromatic rings. The standard InChI is InChI=1S/C12H14N4O2/c17-16(18)9-1-2-10-11(7-9)14-15-12(10)8-3-5-13-6-4-8/h1-2,7-8,13H,3-6H2,(H,14,15). The van der Waals surface area contributed by atoms with E-state index < -0.39 is 0 Å². The number of H-pyrrole nitrogens is 1. The van der Waals surface area contributed by atoms with Crippen LogP contribution in [0.1, 0.15) is 24.5 Å². The topological polar surface area (TPSA) is 83.8 Å². The second-order valence-corrected chi connectivity index (χ2v) is 4.62. The van der Waals surface area contributed by atoms with E-state index in [9.17, 15) is 10.1 Å². The summed E-state index contributed by atoms with van der Waals surface area (Å²) in [6.45, 7) is 2.01. The van der Waals surface area contributed by atoms with Gasteiger partial charge >= 0.3 is 0 Å². The highest BCUT2D eigenvalue weighted by molar-refractivity contribution is 5.83. The number of piperidine rings is 1. The average molecular weight is 246 g/mol. The summed E-state index contributed by atoms with van der Waals surface area (Å²) < 4.78 is 0. The molecule has 0 spiro atoms. The first-order valence-corrected chi connectivity index (χ1v) is 6.09. The first-order valence-electron chi connectivity index (χ1n) is 6.09. The monoisotopic (exact) mass is 246 g/mol. The van der Waals surface area contributed by atoms with Crippen LogP contribution in [0.25, 0.3) is 10.9 Å². The van der Waals surface area contributed by atoms with Gasteiger partial charge in [-0.05, 0) is 32.0 Å². The molecular weight excluding hydrogens is 232 g/mol. The molecule has 0 amide bonds. The molecule has 2 N–H and O–H groups in total. The number of non-ortho nitro benzene ring substituents is 1. The Morgan fingerprint density at radius 1 is 1.33 bits per heavy atom. The van der Waals surface area contributed by atoms with Crippen LogP contribution in [-0.2, 0) is 0 Å². The molecule has 0 bridgehead atoms. The zero-order chi connectivity index (χ0) is 12.5. The molecule has 18 heavy (non-hydrogen) atoms. The van der Waals surface area contributed by atoms with E-state index >= 15 is 0 Å². The van der Waals surface area contributed by atoms with Gasteiger partial charge < -0.3 is 5.32 Å². The quantitative estimate of drug-likeness (QED) is 0.626. The van der Waals surface area contributed by atoms with Crippen molar-refractivity contribution < 1.29 is 4.92 Å². The fourth-order valence-electron chi connectivity index (χ4n) is 2.55. The van der Waals surface area contributed by atoms with Gasteiger partial charge in [0.05, 0.1) is 16.1 Å². The van der Waals surface area contributed by atoms with Gasteiger partial charge in [-0.15, -0.1) is 0 Å². The minimum Gasteiger partial charge on any atom is -0.317 e. The molecule has 0 unspecified atom stereocenters. The number of nitrogens with zero attached hydrogens (tertiary/aromatic N) is 2. The maximum absolute atomic E-state index is 10.7. The molecule has 0 saturated carbocycles. The lowest BCUT2D eigenvalue weighted by Crippen LogP contribution is -2.26. The Kier molecular flexibility index (Phi) is 2.71. The zero-order valence-corrected chi connectivity index (χ0v) is 9.85. The molecule has 1 aromatic heterocycles. The van der Waals surface area contributed by atoms with Gasteiger partial charge in [0, 0.05) is 23.4 Å². The molecule has 1 saturated heterocycles. The highest BCUT2D eigenvalue weighted by Gasteiger charge is 2.21. The normalized spacial score (nSPS) is 17.1. The molecule has 1 aliphatic rings. The van der Waals surface area contributed by atoms with Gasteiger partial charge in [0.25, 0.3) is 5.69 Å². The van der Waals surface area contributed by atoms with Crippen LogP contribution in [0.4, 0.5) is 5.69 Å². The molecule has 2 heterocycles. The van der Waals surface area contributed by atoms with Gasteiger partial charge in [0.2, 0.25) is 0 Å². The minimum absolute atomic E-state index is 0.100. The fourth-order valence-corrected chi connectivity index (χ4v) is 2.55. The number of hydrogen-bond acceptors (Lipinski definition) is 4. The number of rotatable bonds is 2. The highest BCUT2D eigenvalue weighted by atomic mass is 16.6. The van der Waals surface area contributed by atoms with Gasteiger partial charge in [-0.3, -0.25) is 15.2 Å². The Balaban J connectivity index is 2.01. The van der Waals surface area contributed by atoms with Crippen molar-refractivity contribution in [2.45, 2.75) is 18.8 Å². The Morgan fingerprint density at radius 2 is 2.11 bits per heavy atom. The highest BCUT2D eigenvalue weighted by Crippen LogP contribution is 2.30. The van der Waals surface area contributed by atoms with Crippen molar-refractivity contribution in [2.24, 2.45) is 0 Å². The van der Waals surface area contributed by atoms with Gasteiger partial charge in [-0.25, -0.2) is 0 Å². The number of nitrogens with one attached hydrogen (secondary N) is 2. The van der Waals surface area contributed by atoms with Gasteiger partial charge in [0.1, 0.15) is 0 Å². The maximum Gasteiger partial charge on any atom is 0.271 e. The number of aromatic nitrogens is 2. The molecule has 1 aliphatic heterocycles. The molecule has 6 heteroatoms. The summed E-state index contributed by atoms with van der Waals surface area (Å²) in [6.07, 6.45) is 2.13. The van der Waals surface area contributed by atoms with Crippen molar-refractivity contribution in [1.29, 1.82) is 0 Å². The second kappa shape index (κ2) is 4.38. The number of aromatic amines is 1. The summed E-state index contributed by atoms with van der Waals surface area (Å²) >= 11 is 0. The Bertz CT molecular complexity index is 587. The molecule has 6 nitrogen and oxygen atoms in total. The first kappa shape index (κ1) is 11.2. The number of fused-ring (bicyclic) bond motifs is 1. The van der Waals surface area contributed by atoms with E-state index in [0.29, 0.717) is 5.92 Å². The SMILES string of the molecule is O=[N+]([O-])c1ccc2c(C3CCNCC3)n[nH]c2c1. The molecular formula is C12H14N4O2. The van der Waals surface area contributed by atoms with Gasteiger partial charge in [0.15, 0.2) is 0 Å². The molecule has 0 atom stereocenters. The van der Waals surface area contributed by atoms with E-state index in [1.807, 2.05) is 0 Å². The van der Waals surface area contributed by atoms with Crippen LogP contribution in [0.15, 0.2) is 18.2 Å². The van der Waals surface area contributed by atoms with E-state index in [1.54, 1.807) is 18.2 Å².